The van der Waals surface area contributed by atoms with Gasteiger partial charge in [0.15, 0.2) is 0 Å². The molecule has 0 saturated carbocycles. The fraction of sp³-hybridized carbons (Fsp3) is 0.500. The van der Waals surface area contributed by atoms with Crippen LogP contribution in [0.5, 0.6) is 0 Å². The minimum Gasteiger partial charge on any atom is -0.384 e. The minimum atomic E-state index is 0.569. The lowest BCUT2D eigenvalue weighted by atomic mass is 10.3. The molecule has 1 aromatic heterocycles. The van der Waals surface area contributed by atoms with Crippen LogP contribution < -0.4 is 10.6 Å². The van der Waals surface area contributed by atoms with Crippen LogP contribution >= 0.6 is 0 Å². The summed E-state index contributed by atoms with van der Waals surface area (Å²) >= 11 is 0. The molecule has 0 unspecified atom stereocenters. The zero-order valence-corrected chi connectivity index (χ0v) is 8.15. The maximum absolute atomic E-state index is 5.53. The van der Waals surface area contributed by atoms with Gasteiger partial charge >= 0.3 is 0 Å². The molecule has 14 heavy (non-hydrogen) atoms. The van der Waals surface area contributed by atoms with Crippen LogP contribution in [0.3, 0.4) is 0 Å². The van der Waals surface area contributed by atoms with Crippen molar-refractivity contribution in [3.8, 4) is 0 Å². The highest BCUT2D eigenvalue weighted by molar-refractivity contribution is 5.47. The molecular formula is C10H15N3O. The monoisotopic (exact) mass is 193 g/mol. The quantitative estimate of drug-likeness (QED) is 0.719. The molecule has 2 heterocycles. The van der Waals surface area contributed by atoms with Gasteiger partial charge in [-0.2, -0.15) is 0 Å². The first-order valence-corrected chi connectivity index (χ1v) is 4.90. The Balaban J connectivity index is 2.08. The Labute approximate surface area is 83.7 Å². The summed E-state index contributed by atoms with van der Waals surface area (Å²) in [5, 5.41) is 0. The molecule has 0 amide bonds. The van der Waals surface area contributed by atoms with E-state index in [1.807, 2.05) is 18.3 Å². The molecule has 0 radical (unpaired) electrons. The largest absolute Gasteiger partial charge is 0.384 e. The topological polar surface area (TPSA) is 51.4 Å². The van der Waals surface area contributed by atoms with Crippen molar-refractivity contribution in [2.24, 2.45) is 0 Å². The Morgan fingerprint density at radius 1 is 1.29 bits per heavy atom. The van der Waals surface area contributed by atoms with E-state index in [4.69, 9.17) is 10.5 Å². The molecular weight excluding hydrogens is 178 g/mol. The second kappa shape index (κ2) is 4.28. The molecule has 4 heteroatoms. The number of hydrogen-bond donors (Lipinski definition) is 1. The normalized spacial score (nSPS) is 17.9. The van der Waals surface area contributed by atoms with Gasteiger partial charge in [-0.05, 0) is 18.6 Å². The minimum absolute atomic E-state index is 0.569. The van der Waals surface area contributed by atoms with Crippen LogP contribution in [0.4, 0.5) is 11.5 Å². The maximum atomic E-state index is 5.53. The summed E-state index contributed by atoms with van der Waals surface area (Å²) in [4.78, 5) is 6.36. The van der Waals surface area contributed by atoms with Crippen molar-refractivity contribution in [3.63, 3.8) is 0 Å². The summed E-state index contributed by atoms with van der Waals surface area (Å²) in [6, 6.07) is 3.84. The summed E-state index contributed by atoms with van der Waals surface area (Å²) in [7, 11) is 0. The van der Waals surface area contributed by atoms with Gasteiger partial charge < -0.3 is 15.4 Å². The van der Waals surface area contributed by atoms with Gasteiger partial charge in [-0.1, -0.05) is 0 Å². The Hall–Kier alpha value is -1.29. The van der Waals surface area contributed by atoms with Gasteiger partial charge in [0, 0.05) is 19.7 Å². The fourth-order valence-electron chi connectivity index (χ4n) is 1.59. The van der Waals surface area contributed by atoms with E-state index in [0.717, 1.165) is 38.4 Å². The van der Waals surface area contributed by atoms with Crippen LogP contribution in [0.25, 0.3) is 0 Å². The number of anilines is 2. The standard InChI is InChI=1S/C10H15N3O/c11-10-3-2-9(8-12-10)13-4-1-6-14-7-5-13/h2-3,8H,1,4-7H2,(H2,11,12). The third kappa shape index (κ3) is 2.14. The van der Waals surface area contributed by atoms with Crippen molar-refractivity contribution in [1.29, 1.82) is 0 Å². The van der Waals surface area contributed by atoms with Crippen LogP contribution in [0.2, 0.25) is 0 Å². The summed E-state index contributed by atoms with van der Waals surface area (Å²) in [5.74, 6) is 0.569. The van der Waals surface area contributed by atoms with Crippen LogP contribution in [0, 0.1) is 0 Å². The van der Waals surface area contributed by atoms with Gasteiger partial charge in [-0.15, -0.1) is 0 Å². The van der Waals surface area contributed by atoms with Gasteiger partial charge in [0.25, 0.3) is 0 Å². The molecule has 1 saturated heterocycles. The molecule has 0 spiro atoms. The maximum Gasteiger partial charge on any atom is 0.123 e. The number of nitrogens with two attached hydrogens (primary N) is 1. The molecule has 4 nitrogen and oxygen atoms in total. The second-order valence-corrected chi connectivity index (χ2v) is 3.39. The predicted octanol–water partition coefficient (Wildman–Crippen LogP) is 0.890. The number of hydrogen-bond acceptors (Lipinski definition) is 4. The van der Waals surface area contributed by atoms with E-state index in [9.17, 15) is 0 Å². The third-order valence-electron chi connectivity index (χ3n) is 2.36. The van der Waals surface area contributed by atoms with E-state index in [-0.39, 0.29) is 0 Å². The molecule has 0 aliphatic carbocycles. The SMILES string of the molecule is Nc1ccc(N2CCCOCC2)cn1. The highest BCUT2D eigenvalue weighted by atomic mass is 16.5. The number of pyridine rings is 1. The molecule has 1 aliphatic heterocycles. The fourth-order valence-corrected chi connectivity index (χ4v) is 1.59. The molecule has 1 fully saturated rings. The summed E-state index contributed by atoms with van der Waals surface area (Å²) in [6.07, 6.45) is 2.89. The lowest BCUT2D eigenvalue weighted by Crippen LogP contribution is -2.25. The number of nitrogen functional groups attached to an aromatic ring is 1. The van der Waals surface area contributed by atoms with E-state index in [1.165, 1.54) is 0 Å². The van der Waals surface area contributed by atoms with Crippen molar-refractivity contribution in [3.05, 3.63) is 18.3 Å². The smallest absolute Gasteiger partial charge is 0.123 e. The van der Waals surface area contributed by atoms with Gasteiger partial charge in [-0.25, -0.2) is 4.98 Å². The molecule has 76 valence electrons. The molecule has 2 rings (SSSR count). The number of ether oxygens (including phenoxy) is 1. The van der Waals surface area contributed by atoms with Crippen LogP contribution in [-0.2, 0) is 4.74 Å². The average Bonchev–Trinajstić information content (AvgIpc) is 2.47. The van der Waals surface area contributed by atoms with E-state index in [0.29, 0.717) is 5.82 Å². The zero-order chi connectivity index (χ0) is 9.80. The van der Waals surface area contributed by atoms with E-state index in [2.05, 4.69) is 9.88 Å². The second-order valence-electron chi connectivity index (χ2n) is 3.39. The van der Waals surface area contributed by atoms with Crippen molar-refractivity contribution >= 4 is 11.5 Å². The van der Waals surface area contributed by atoms with E-state index < -0.39 is 0 Å². The lowest BCUT2D eigenvalue weighted by molar-refractivity contribution is 0.152. The number of aromatic nitrogens is 1. The number of rotatable bonds is 1. The molecule has 1 aromatic rings. The lowest BCUT2D eigenvalue weighted by Gasteiger charge is -2.21. The average molecular weight is 193 g/mol. The van der Waals surface area contributed by atoms with Crippen molar-refractivity contribution in [2.45, 2.75) is 6.42 Å². The van der Waals surface area contributed by atoms with E-state index >= 15 is 0 Å². The molecule has 0 atom stereocenters. The Morgan fingerprint density at radius 2 is 2.21 bits per heavy atom. The van der Waals surface area contributed by atoms with Crippen LogP contribution in [0.15, 0.2) is 18.3 Å². The van der Waals surface area contributed by atoms with Crippen molar-refractivity contribution < 1.29 is 4.74 Å². The van der Waals surface area contributed by atoms with E-state index in [1.54, 1.807) is 0 Å². The first-order valence-electron chi connectivity index (χ1n) is 4.90. The van der Waals surface area contributed by atoms with Crippen LogP contribution in [0.1, 0.15) is 6.42 Å². The number of nitrogens with zero attached hydrogens (tertiary/aromatic N) is 2. The highest BCUT2D eigenvalue weighted by Crippen LogP contribution is 2.15. The summed E-state index contributed by atoms with van der Waals surface area (Å²) in [6.45, 7) is 3.63. The van der Waals surface area contributed by atoms with Crippen molar-refractivity contribution in [2.75, 3.05) is 36.9 Å². The van der Waals surface area contributed by atoms with Gasteiger partial charge in [0.05, 0.1) is 18.5 Å². The zero-order valence-electron chi connectivity index (χ0n) is 8.15. The molecule has 2 N–H and O–H groups in total. The Bertz CT molecular complexity index is 278. The summed E-state index contributed by atoms with van der Waals surface area (Å²) in [5.41, 5.74) is 6.66. The molecule has 1 aliphatic rings. The molecule has 0 bridgehead atoms. The Kier molecular flexibility index (Phi) is 2.84. The predicted molar refractivity (Wildman–Crippen MR) is 56.3 cm³/mol. The van der Waals surface area contributed by atoms with Gasteiger partial charge in [0.2, 0.25) is 0 Å². The first-order chi connectivity index (χ1) is 6.86. The highest BCUT2D eigenvalue weighted by Gasteiger charge is 2.09. The van der Waals surface area contributed by atoms with Crippen molar-refractivity contribution in [1.82, 2.24) is 4.98 Å². The summed E-state index contributed by atoms with van der Waals surface area (Å²) < 4.78 is 5.38. The van der Waals surface area contributed by atoms with Gasteiger partial charge in [0.1, 0.15) is 5.82 Å². The first kappa shape index (κ1) is 9.27. The third-order valence-corrected chi connectivity index (χ3v) is 2.36. The van der Waals surface area contributed by atoms with Crippen LogP contribution in [-0.4, -0.2) is 31.3 Å². The van der Waals surface area contributed by atoms with Gasteiger partial charge in [-0.3, -0.25) is 0 Å². The Morgan fingerprint density at radius 3 is 3.00 bits per heavy atom. The molecule has 0 aromatic carbocycles.